The number of benzene rings is 1. The Morgan fingerprint density at radius 3 is 3.00 bits per heavy atom. The van der Waals surface area contributed by atoms with Crippen LogP contribution in [0.15, 0.2) is 33.9 Å². The van der Waals surface area contributed by atoms with Crippen molar-refractivity contribution >= 4 is 39.3 Å². The van der Waals surface area contributed by atoms with Crippen molar-refractivity contribution in [2.24, 2.45) is 7.05 Å². The van der Waals surface area contributed by atoms with Gasteiger partial charge in [0, 0.05) is 23.1 Å². The molecule has 0 saturated heterocycles. The first-order valence-corrected chi connectivity index (χ1v) is 8.49. The molecule has 1 fully saturated rings. The number of halogens is 1. The van der Waals surface area contributed by atoms with Crippen LogP contribution in [-0.4, -0.2) is 26.4 Å². The number of amides is 1. The first-order chi connectivity index (χ1) is 10.1. The maximum absolute atomic E-state index is 12.0. The molecule has 0 atom stereocenters. The van der Waals surface area contributed by atoms with Crippen molar-refractivity contribution in [3.8, 4) is 0 Å². The Bertz CT molecular complexity index is 669. The van der Waals surface area contributed by atoms with E-state index in [2.05, 4.69) is 31.4 Å². The lowest BCUT2D eigenvalue weighted by Crippen LogP contribution is -2.14. The van der Waals surface area contributed by atoms with E-state index in [9.17, 15) is 4.79 Å². The van der Waals surface area contributed by atoms with E-state index in [1.54, 1.807) is 0 Å². The van der Waals surface area contributed by atoms with Crippen molar-refractivity contribution in [3.05, 3.63) is 34.6 Å². The molecule has 1 heterocycles. The predicted octanol–water partition coefficient (Wildman–Crippen LogP) is 3.19. The van der Waals surface area contributed by atoms with Gasteiger partial charge in [-0.2, -0.15) is 0 Å². The van der Waals surface area contributed by atoms with E-state index < -0.39 is 0 Å². The second kappa shape index (κ2) is 6.19. The Kier molecular flexibility index (Phi) is 4.30. The van der Waals surface area contributed by atoms with Crippen LogP contribution < -0.4 is 5.32 Å². The molecular weight excluding hydrogens is 352 g/mol. The van der Waals surface area contributed by atoms with Gasteiger partial charge in [-0.15, -0.1) is 10.2 Å². The van der Waals surface area contributed by atoms with Crippen molar-refractivity contribution in [1.82, 2.24) is 14.8 Å². The summed E-state index contributed by atoms with van der Waals surface area (Å²) in [5, 5.41) is 12.0. The monoisotopic (exact) mass is 366 g/mol. The normalized spacial score (nSPS) is 14.2. The second-order valence-electron chi connectivity index (χ2n) is 5.02. The average molecular weight is 367 g/mol. The number of hydrogen-bond acceptors (Lipinski definition) is 4. The Morgan fingerprint density at radius 2 is 2.29 bits per heavy atom. The largest absolute Gasteiger partial charge is 0.325 e. The van der Waals surface area contributed by atoms with Gasteiger partial charge in [-0.05, 0) is 31.0 Å². The quantitative estimate of drug-likeness (QED) is 0.825. The molecular formula is C14H15BrN4OS. The highest BCUT2D eigenvalue weighted by atomic mass is 79.9. The minimum atomic E-state index is -0.0472. The Hall–Kier alpha value is -1.34. The van der Waals surface area contributed by atoms with E-state index >= 15 is 0 Å². The standard InChI is InChI=1S/C14H15BrN4OS/c1-19-13(9-5-6-9)17-18-14(19)21-8-12(20)16-11-4-2-3-10(15)7-11/h2-4,7,9H,5-6,8H2,1H3,(H,16,20). The van der Waals surface area contributed by atoms with Gasteiger partial charge in [0.15, 0.2) is 5.16 Å². The first-order valence-electron chi connectivity index (χ1n) is 6.71. The van der Waals surface area contributed by atoms with Crippen molar-refractivity contribution < 1.29 is 4.79 Å². The molecule has 0 aliphatic heterocycles. The fourth-order valence-corrected chi connectivity index (χ4v) is 3.16. The average Bonchev–Trinajstić information content (AvgIpc) is 3.21. The van der Waals surface area contributed by atoms with Gasteiger partial charge in [0.25, 0.3) is 0 Å². The van der Waals surface area contributed by atoms with Gasteiger partial charge < -0.3 is 9.88 Å². The molecule has 7 heteroatoms. The van der Waals surface area contributed by atoms with Gasteiger partial charge in [-0.25, -0.2) is 0 Å². The van der Waals surface area contributed by atoms with Gasteiger partial charge in [-0.1, -0.05) is 33.8 Å². The zero-order chi connectivity index (χ0) is 14.8. The third-order valence-electron chi connectivity index (χ3n) is 3.25. The lowest BCUT2D eigenvalue weighted by molar-refractivity contribution is -0.113. The van der Waals surface area contributed by atoms with Crippen molar-refractivity contribution in [2.45, 2.75) is 23.9 Å². The zero-order valence-corrected chi connectivity index (χ0v) is 13.9. The number of rotatable bonds is 5. The summed E-state index contributed by atoms with van der Waals surface area (Å²) in [6.07, 6.45) is 2.39. The number of carbonyl (C=O) groups excluding carboxylic acids is 1. The number of hydrogen-bond donors (Lipinski definition) is 1. The molecule has 1 aromatic heterocycles. The summed E-state index contributed by atoms with van der Waals surface area (Å²) < 4.78 is 2.93. The maximum Gasteiger partial charge on any atom is 0.234 e. The molecule has 1 aromatic carbocycles. The third kappa shape index (κ3) is 3.65. The van der Waals surface area contributed by atoms with Gasteiger partial charge in [0.2, 0.25) is 5.91 Å². The molecule has 0 radical (unpaired) electrons. The van der Waals surface area contributed by atoms with E-state index in [0.29, 0.717) is 11.7 Å². The van der Waals surface area contributed by atoms with Crippen LogP contribution in [0.25, 0.3) is 0 Å². The fourth-order valence-electron chi connectivity index (χ4n) is 2.04. The Labute approximate surface area is 135 Å². The lowest BCUT2D eigenvalue weighted by atomic mass is 10.3. The van der Waals surface area contributed by atoms with Crippen LogP contribution in [-0.2, 0) is 11.8 Å². The van der Waals surface area contributed by atoms with Gasteiger partial charge >= 0.3 is 0 Å². The summed E-state index contributed by atoms with van der Waals surface area (Å²) in [4.78, 5) is 12.0. The van der Waals surface area contributed by atoms with Crippen molar-refractivity contribution in [3.63, 3.8) is 0 Å². The maximum atomic E-state index is 12.0. The molecule has 1 N–H and O–H groups in total. The van der Waals surface area contributed by atoms with Gasteiger partial charge in [-0.3, -0.25) is 4.79 Å². The summed E-state index contributed by atoms with van der Waals surface area (Å²) in [5.41, 5.74) is 0.784. The summed E-state index contributed by atoms with van der Waals surface area (Å²) in [7, 11) is 1.96. The topological polar surface area (TPSA) is 59.8 Å². The van der Waals surface area contributed by atoms with E-state index in [4.69, 9.17) is 0 Å². The van der Waals surface area contributed by atoms with Crippen LogP contribution in [0.4, 0.5) is 5.69 Å². The molecule has 1 aliphatic carbocycles. The minimum absolute atomic E-state index is 0.0472. The second-order valence-corrected chi connectivity index (χ2v) is 6.88. The molecule has 1 saturated carbocycles. The highest BCUT2D eigenvalue weighted by molar-refractivity contribution is 9.10. The van der Waals surface area contributed by atoms with Gasteiger partial charge in [0.1, 0.15) is 5.82 Å². The molecule has 2 aromatic rings. The number of anilines is 1. The Morgan fingerprint density at radius 1 is 1.48 bits per heavy atom. The van der Waals surface area contributed by atoms with E-state index in [-0.39, 0.29) is 5.91 Å². The van der Waals surface area contributed by atoms with Crippen LogP contribution >= 0.6 is 27.7 Å². The molecule has 110 valence electrons. The van der Waals surface area contributed by atoms with Crippen molar-refractivity contribution in [2.75, 3.05) is 11.1 Å². The minimum Gasteiger partial charge on any atom is -0.325 e. The number of carbonyl (C=O) groups is 1. The molecule has 0 unspecified atom stereocenters. The van der Waals surface area contributed by atoms with E-state index in [1.807, 2.05) is 35.9 Å². The highest BCUT2D eigenvalue weighted by Crippen LogP contribution is 2.39. The molecule has 3 rings (SSSR count). The number of aromatic nitrogens is 3. The SMILES string of the molecule is Cn1c(SCC(=O)Nc2cccc(Br)c2)nnc1C1CC1. The van der Waals surface area contributed by atoms with Gasteiger partial charge in [0.05, 0.1) is 5.75 Å². The van der Waals surface area contributed by atoms with Crippen LogP contribution in [0, 0.1) is 0 Å². The smallest absolute Gasteiger partial charge is 0.234 e. The molecule has 21 heavy (non-hydrogen) atoms. The highest BCUT2D eigenvalue weighted by Gasteiger charge is 2.29. The molecule has 0 spiro atoms. The fraction of sp³-hybridized carbons (Fsp3) is 0.357. The van der Waals surface area contributed by atoms with Crippen molar-refractivity contribution in [1.29, 1.82) is 0 Å². The molecule has 1 amide bonds. The van der Waals surface area contributed by atoms with Crippen LogP contribution in [0.2, 0.25) is 0 Å². The number of nitrogens with zero attached hydrogens (tertiary/aromatic N) is 3. The van der Waals surface area contributed by atoms with Crippen LogP contribution in [0.5, 0.6) is 0 Å². The molecule has 1 aliphatic rings. The zero-order valence-electron chi connectivity index (χ0n) is 11.5. The van der Waals surface area contributed by atoms with Crippen LogP contribution in [0.1, 0.15) is 24.6 Å². The summed E-state index contributed by atoms with van der Waals surface area (Å²) in [5.74, 6) is 1.87. The number of thioether (sulfide) groups is 1. The summed E-state index contributed by atoms with van der Waals surface area (Å²) >= 11 is 4.79. The van der Waals surface area contributed by atoms with Crippen LogP contribution in [0.3, 0.4) is 0 Å². The Balaban J connectivity index is 1.56. The summed E-state index contributed by atoms with van der Waals surface area (Å²) in [6, 6.07) is 7.54. The summed E-state index contributed by atoms with van der Waals surface area (Å²) in [6.45, 7) is 0. The van der Waals surface area contributed by atoms with E-state index in [0.717, 1.165) is 21.1 Å². The molecule has 0 bridgehead atoms. The number of nitrogens with one attached hydrogen (secondary N) is 1. The third-order valence-corrected chi connectivity index (χ3v) is 4.77. The first kappa shape index (κ1) is 14.6. The molecule has 5 nitrogen and oxygen atoms in total. The predicted molar refractivity (Wildman–Crippen MR) is 86.5 cm³/mol. The lowest BCUT2D eigenvalue weighted by Gasteiger charge is -2.05. The van der Waals surface area contributed by atoms with E-state index in [1.165, 1.54) is 24.6 Å².